The summed E-state index contributed by atoms with van der Waals surface area (Å²) >= 11 is 1.54. The Hall–Kier alpha value is -1.07. The van der Waals surface area contributed by atoms with Gasteiger partial charge in [-0.25, -0.2) is 4.39 Å². The van der Waals surface area contributed by atoms with E-state index in [1.54, 1.807) is 19.1 Å². The molecule has 0 bridgehead atoms. The predicted molar refractivity (Wildman–Crippen MR) is 66.3 cm³/mol. The van der Waals surface area contributed by atoms with E-state index in [2.05, 4.69) is 0 Å². The molecule has 0 saturated heterocycles. The summed E-state index contributed by atoms with van der Waals surface area (Å²) in [6, 6.07) is 5.65. The number of carbonyl (C=O) groups excluding carboxylic acids is 1. The van der Waals surface area contributed by atoms with Crippen molar-refractivity contribution >= 4 is 17.7 Å². The second-order valence-corrected chi connectivity index (χ2v) is 4.62. The average Bonchev–Trinajstić information content (AvgIpc) is 2.32. The van der Waals surface area contributed by atoms with Gasteiger partial charge >= 0.3 is 5.97 Å². The van der Waals surface area contributed by atoms with E-state index in [1.165, 1.54) is 23.9 Å². The van der Waals surface area contributed by atoms with Crippen LogP contribution in [0.15, 0.2) is 29.2 Å². The molecule has 0 spiro atoms. The second-order valence-electron chi connectivity index (χ2n) is 3.45. The Kier molecular flexibility index (Phi) is 6.00. The number of esters is 1. The van der Waals surface area contributed by atoms with Crippen LogP contribution >= 0.6 is 11.8 Å². The summed E-state index contributed by atoms with van der Waals surface area (Å²) in [5.41, 5.74) is 5.64. The van der Waals surface area contributed by atoms with E-state index in [-0.39, 0.29) is 11.8 Å². The van der Waals surface area contributed by atoms with Gasteiger partial charge in [-0.05, 0) is 37.6 Å². The van der Waals surface area contributed by atoms with E-state index in [4.69, 9.17) is 10.5 Å². The number of nitrogens with two attached hydrogens (primary N) is 1. The van der Waals surface area contributed by atoms with Gasteiger partial charge in [0.25, 0.3) is 0 Å². The van der Waals surface area contributed by atoms with Crippen LogP contribution in [0.4, 0.5) is 4.39 Å². The molecule has 1 aromatic carbocycles. The highest BCUT2D eigenvalue weighted by molar-refractivity contribution is 7.99. The van der Waals surface area contributed by atoms with Gasteiger partial charge in [0.2, 0.25) is 0 Å². The van der Waals surface area contributed by atoms with Crippen LogP contribution < -0.4 is 5.73 Å². The lowest BCUT2D eigenvalue weighted by Crippen LogP contribution is -2.32. The Morgan fingerprint density at radius 2 is 2.12 bits per heavy atom. The Morgan fingerprint density at radius 3 is 2.71 bits per heavy atom. The number of hydrogen-bond donors (Lipinski definition) is 1. The Morgan fingerprint density at radius 1 is 1.47 bits per heavy atom. The number of ether oxygens (including phenoxy) is 1. The summed E-state index contributed by atoms with van der Waals surface area (Å²) in [7, 11) is 0. The topological polar surface area (TPSA) is 52.3 Å². The molecule has 0 heterocycles. The number of thioether (sulfide) groups is 1. The van der Waals surface area contributed by atoms with E-state index in [0.717, 1.165) is 4.90 Å². The first-order chi connectivity index (χ1) is 8.13. The summed E-state index contributed by atoms with van der Waals surface area (Å²) in [5, 5.41) is 0. The van der Waals surface area contributed by atoms with Crippen molar-refractivity contribution in [3.8, 4) is 0 Å². The van der Waals surface area contributed by atoms with E-state index < -0.39 is 6.04 Å². The lowest BCUT2D eigenvalue weighted by molar-refractivity contribution is -0.144. The van der Waals surface area contributed by atoms with Crippen molar-refractivity contribution in [3.63, 3.8) is 0 Å². The van der Waals surface area contributed by atoms with Crippen LogP contribution in [0, 0.1) is 5.82 Å². The van der Waals surface area contributed by atoms with Gasteiger partial charge in [-0.3, -0.25) is 4.79 Å². The molecule has 0 radical (unpaired) electrons. The van der Waals surface area contributed by atoms with Gasteiger partial charge in [-0.15, -0.1) is 11.8 Å². The van der Waals surface area contributed by atoms with Crippen LogP contribution in [0.5, 0.6) is 0 Å². The first-order valence-electron chi connectivity index (χ1n) is 5.44. The minimum absolute atomic E-state index is 0.252. The van der Waals surface area contributed by atoms with Gasteiger partial charge in [0, 0.05) is 10.6 Å². The first kappa shape index (κ1) is 14.0. The maximum atomic E-state index is 12.6. The Labute approximate surface area is 105 Å². The number of carbonyl (C=O) groups is 1. The number of rotatable bonds is 6. The molecule has 0 amide bonds. The molecule has 1 aromatic rings. The Bertz CT molecular complexity index is 356. The molecule has 0 aliphatic carbocycles. The third-order valence-electron chi connectivity index (χ3n) is 2.10. The van der Waals surface area contributed by atoms with E-state index in [0.29, 0.717) is 18.8 Å². The lowest BCUT2D eigenvalue weighted by atomic mass is 10.2. The van der Waals surface area contributed by atoms with Crippen LogP contribution in [0.3, 0.4) is 0 Å². The van der Waals surface area contributed by atoms with Gasteiger partial charge in [0.15, 0.2) is 0 Å². The molecule has 3 nitrogen and oxygen atoms in total. The van der Waals surface area contributed by atoms with Crippen molar-refractivity contribution in [2.24, 2.45) is 5.73 Å². The maximum absolute atomic E-state index is 12.6. The second kappa shape index (κ2) is 7.29. The molecule has 1 atom stereocenters. The molecule has 17 heavy (non-hydrogen) atoms. The molecular weight excluding hydrogens is 241 g/mol. The van der Waals surface area contributed by atoms with E-state index in [1.807, 2.05) is 0 Å². The highest BCUT2D eigenvalue weighted by Gasteiger charge is 2.13. The first-order valence-corrected chi connectivity index (χ1v) is 6.42. The van der Waals surface area contributed by atoms with Crippen molar-refractivity contribution in [2.45, 2.75) is 24.3 Å². The van der Waals surface area contributed by atoms with Crippen LogP contribution in [0.25, 0.3) is 0 Å². The summed E-state index contributed by atoms with van der Waals surface area (Å²) in [6.45, 7) is 2.09. The molecule has 2 N–H and O–H groups in total. The zero-order chi connectivity index (χ0) is 12.7. The molecule has 5 heteroatoms. The number of halogens is 1. The maximum Gasteiger partial charge on any atom is 0.322 e. The zero-order valence-electron chi connectivity index (χ0n) is 9.69. The van der Waals surface area contributed by atoms with Gasteiger partial charge in [-0.1, -0.05) is 0 Å². The highest BCUT2D eigenvalue weighted by Crippen LogP contribution is 2.19. The van der Waals surface area contributed by atoms with Crippen molar-refractivity contribution in [3.05, 3.63) is 30.1 Å². The van der Waals surface area contributed by atoms with Crippen molar-refractivity contribution in [2.75, 3.05) is 12.4 Å². The molecule has 0 aliphatic rings. The van der Waals surface area contributed by atoms with Crippen molar-refractivity contribution in [1.82, 2.24) is 0 Å². The third kappa shape index (κ3) is 5.19. The molecule has 0 aliphatic heterocycles. The van der Waals surface area contributed by atoms with Gasteiger partial charge in [0.05, 0.1) is 6.61 Å². The molecule has 0 saturated carbocycles. The van der Waals surface area contributed by atoms with Crippen LogP contribution in [-0.4, -0.2) is 24.4 Å². The molecule has 0 fully saturated rings. The quantitative estimate of drug-likeness (QED) is 0.627. The van der Waals surface area contributed by atoms with Gasteiger partial charge in [-0.2, -0.15) is 0 Å². The standard InChI is InChI=1S/C12H16FNO2S/c1-2-16-12(15)11(14)7-8-17-10-5-3-9(13)4-6-10/h3-6,11H,2,7-8,14H2,1H3. The summed E-state index contributed by atoms with van der Waals surface area (Å²) in [6.07, 6.45) is 0.543. The minimum atomic E-state index is -0.581. The predicted octanol–water partition coefficient (Wildman–Crippen LogP) is 2.20. The van der Waals surface area contributed by atoms with Crippen molar-refractivity contribution in [1.29, 1.82) is 0 Å². The SMILES string of the molecule is CCOC(=O)C(N)CCSc1ccc(F)cc1. The molecule has 1 rings (SSSR count). The van der Waals surface area contributed by atoms with Gasteiger partial charge < -0.3 is 10.5 Å². The minimum Gasteiger partial charge on any atom is -0.465 e. The lowest BCUT2D eigenvalue weighted by Gasteiger charge is -2.09. The Balaban J connectivity index is 2.27. The fraction of sp³-hybridized carbons (Fsp3) is 0.417. The zero-order valence-corrected chi connectivity index (χ0v) is 10.5. The molecule has 94 valence electrons. The fourth-order valence-electron chi connectivity index (χ4n) is 1.20. The average molecular weight is 257 g/mol. The third-order valence-corrected chi connectivity index (χ3v) is 3.15. The molecule has 0 aromatic heterocycles. The van der Waals surface area contributed by atoms with Crippen LogP contribution in [-0.2, 0) is 9.53 Å². The van der Waals surface area contributed by atoms with E-state index in [9.17, 15) is 9.18 Å². The van der Waals surface area contributed by atoms with Crippen molar-refractivity contribution < 1.29 is 13.9 Å². The smallest absolute Gasteiger partial charge is 0.322 e. The highest BCUT2D eigenvalue weighted by atomic mass is 32.2. The van der Waals surface area contributed by atoms with Crippen LogP contribution in [0.1, 0.15) is 13.3 Å². The van der Waals surface area contributed by atoms with Gasteiger partial charge in [0.1, 0.15) is 11.9 Å². The normalized spacial score (nSPS) is 12.2. The summed E-state index contributed by atoms with van der Waals surface area (Å²) in [4.78, 5) is 12.2. The fourth-order valence-corrected chi connectivity index (χ4v) is 2.14. The largest absolute Gasteiger partial charge is 0.465 e. The van der Waals surface area contributed by atoms with E-state index >= 15 is 0 Å². The molecule has 1 unspecified atom stereocenters. The summed E-state index contributed by atoms with van der Waals surface area (Å²) in [5.74, 6) is 0.0794. The monoisotopic (exact) mass is 257 g/mol. The molecular formula is C12H16FNO2S. The summed E-state index contributed by atoms with van der Waals surface area (Å²) < 4.78 is 17.4. The number of benzene rings is 1. The number of hydrogen-bond acceptors (Lipinski definition) is 4. The van der Waals surface area contributed by atoms with Crippen LogP contribution in [0.2, 0.25) is 0 Å².